The van der Waals surface area contributed by atoms with E-state index in [-0.39, 0.29) is 5.41 Å². The van der Waals surface area contributed by atoms with Gasteiger partial charge in [-0.2, -0.15) is 0 Å². The lowest BCUT2D eigenvalue weighted by Gasteiger charge is -2.19. The number of aryl methyl sites for hydroxylation is 1. The molecule has 0 amide bonds. The van der Waals surface area contributed by atoms with Gasteiger partial charge in [0.1, 0.15) is 0 Å². The normalized spacial score (nSPS) is 18.3. The smallest absolute Gasteiger partial charge is 0.0499 e. The molecule has 2 nitrogen and oxygen atoms in total. The number of rotatable bonds is 8. The van der Waals surface area contributed by atoms with E-state index in [1.807, 2.05) is 0 Å². The zero-order chi connectivity index (χ0) is 13.7. The van der Waals surface area contributed by atoms with Crippen molar-refractivity contribution in [2.45, 2.75) is 52.0 Å². The molecular weight excluding hydrogens is 234 g/mol. The van der Waals surface area contributed by atoms with Crippen LogP contribution >= 0.6 is 0 Å². The maximum atomic E-state index is 9.32. The maximum absolute atomic E-state index is 9.32. The molecule has 0 bridgehead atoms. The standard InChI is InChI=1S/C17H27NO/c1-3-4-5-15-6-8-16(9-7-15)14(2)18-12-17(13-19)10-11-17/h6-9,14,18-19H,3-5,10-13H2,1-2H3. The van der Waals surface area contributed by atoms with E-state index in [1.165, 1.54) is 43.2 Å². The Morgan fingerprint density at radius 2 is 1.95 bits per heavy atom. The second-order valence-electron chi connectivity index (χ2n) is 6.11. The van der Waals surface area contributed by atoms with Crippen molar-refractivity contribution >= 4 is 0 Å². The lowest BCUT2D eigenvalue weighted by Crippen LogP contribution is -2.28. The van der Waals surface area contributed by atoms with E-state index in [4.69, 9.17) is 0 Å². The van der Waals surface area contributed by atoms with Crippen LogP contribution in [0.25, 0.3) is 0 Å². The van der Waals surface area contributed by atoms with E-state index < -0.39 is 0 Å². The first-order valence-corrected chi connectivity index (χ1v) is 7.62. The van der Waals surface area contributed by atoms with Crippen LogP contribution in [0.4, 0.5) is 0 Å². The Labute approximate surface area is 117 Å². The van der Waals surface area contributed by atoms with Crippen molar-refractivity contribution in [1.29, 1.82) is 0 Å². The highest BCUT2D eigenvalue weighted by Crippen LogP contribution is 2.44. The molecular formula is C17H27NO. The topological polar surface area (TPSA) is 32.3 Å². The summed E-state index contributed by atoms with van der Waals surface area (Å²) in [6.45, 7) is 5.69. The Balaban J connectivity index is 1.83. The van der Waals surface area contributed by atoms with Gasteiger partial charge < -0.3 is 10.4 Å². The van der Waals surface area contributed by atoms with Gasteiger partial charge in [0.05, 0.1) is 0 Å². The van der Waals surface area contributed by atoms with Gasteiger partial charge in [0, 0.05) is 24.6 Å². The number of aliphatic hydroxyl groups excluding tert-OH is 1. The third-order valence-electron chi connectivity index (χ3n) is 4.37. The summed E-state index contributed by atoms with van der Waals surface area (Å²) in [6, 6.07) is 9.34. The van der Waals surface area contributed by atoms with Gasteiger partial charge in [-0.25, -0.2) is 0 Å². The summed E-state index contributed by atoms with van der Waals surface area (Å²) in [5, 5.41) is 12.9. The molecule has 1 saturated carbocycles. The van der Waals surface area contributed by atoms with Crippen LogP contribution in [0.3, 0.4) is 0 Å². The highest BCUT2D eigenvalue weighted by atomic mass is 16.3. The van der Waals surface area contributed by atoms with E-state index in [0.717, 1.165) is 6.54 Å². The first-order valence-electron chi connectivity index (χ1n) is 7.62. The number of hydrogen-bond acceptors (Lipinski definition) is 2. The highest BCUT2D eigenvalue weighted by molar-refractivity contribution is 5.25. The largest absolute Gasteiger partial charge is 0.396 e. The number of benzene rings is 1. The zero-order valence-corrected chi connectivity index (χ0v) is 12.3. The molecule has 0 radical (unpaired) electrons. The van der Waals surface area contributed by atoms with Gasteiger partial charge in [-0.15, -0.1) is 0 Å². The zero-order valence-electron chi connectivity index (χ0n) is 12.3. The van der Waals surface area contributed by atoms with Crippen molar-refractivity contribution in [2.24, 2.45) is 5.41 Å². The molecule has 1 aromatic carbocycles. The van der Waals surface area contributed by atoms with Gasteiger partial charge in [-0.1, -0.05) is 37.6 Å². The molecule has 1 unspecified atom stereocenters. The fraction of sp³-hybridized carbons (Fsp3) is 0.647. The number of nitrogens with one attached hydrogen (secondary N) is 1. The van der Waals surface area contributed by atoms with Gasteiger partial charge in [0.2, 0.25) is 0 Å². The molecule has 0 aromatic heterocycles. The fourth-order valence-corrected chi connectivity index (χ4v) is 2.41. The molecule has 1 aliphatic carbocycles. The molecule has 1 fully saturated rings. The van der Waals surface area contributed by atoms with Crippen molar-refractivity contribution in [1.82, 2.24) is 5.32 Å². The number of hydrogen-bond donors (Lipinski definition) is 2. The summed E-state index contributed by atoms with van der Waals surface area (Å²) < 4.78 is 0. The molecule has 0 heterocycles. The van der Waals surface area contributed by atoms with Crippen LogP contribution in [-0.2, 0) is 6.42 Å². The van der Waals surface area contributed by atoms with Gasteiger partial charge >= 0.3 is 0 Å². The van der Waals surface area contributed by atoms with E-state index in [2.05, 4.69) is 43.4 Å². The maximum Gasteiger partial charge on any atom is 0.0499 e. The third kappa shape index (κ3) is 4.05. The van der Waals surface area contributed by atoms with E-state index in [1.54, 1.807) is 0 Å². The van der Waals surface area contributed by atoms with Gasteiger partial charge in [-0.3, -0.25) is 0 Å². The Bertz CT molecular complexity index is 381. The first-order chi connectivity index (χ1) is 9.19. The minimum atomic E-state index is 0.190. The van der Waals surface area contributed by atoms with Crippen LogP contribution in [0.2, 0.25) is 0 Å². The summed E-state index contributed by atoms with van der Waals surface area (Å²) >= 11 is 0. The molecule has 1 aliphatic rings. The minimum absolute atomic E-state index is 0.190. The lowest BCUT2D eigenvalue weighted by atomic mass is 10.0. The Morgan fingerprint density at radius 1 is 1.26 bits per heavy atom. The average Bonchev–Trinajstić information content (AvgIpc) is 3.24. The predicted octanol–water partition coefficient (Wildman–Crippen LogP) is 3.45. The predicted molar refractivity (Wildman–Crippen MR) is 80.2 cm³/mol. The molecule has 1 atom stereocenters. The molecule has 0 saturated heterocycles. The Morgan fingerprint density at radius 3 is 2.47 bits per heavy atom. The van der Waals surface area contributed by atoms with Crippen LogP contribution in [0, 0.1) is 5.41 Å². The molecule has 19 heavy (non-hydrogen) atoms. The Hall–Kier alpha value is -0.860. The summed E-state index contributed by atoms with van der Waals surface area (Å²) in [4.78, 5) is 0. The van der Waals surface area contributed by atoms with Crippen molar-refractivity contribution in [3.05, 3.63) is 35.4 Å². The van der Waals surface area contributed by atoms with Gasteiger partial charge in [0.25, 0.3) is 0 Å². The molecule has 1 aromatic rings. The first kappa shape index (κ1) is 14.5. The summed E-state index contributed by atoms with van der Waals surface area (Å²) in [5.74, 6) is 0. The van der Waals surface area contributed by atoms with E-state index in [0.29, 0.717) is 12.6 Å². The SMILES string of the molecule is CCCCc1ccc(C(C)NCC2(CO)CC2)cc1. The van der Waals surface area contributed by atoms with Gasteiger partial charge in [-0.05, 0) is 43.7 Å². The molecule has 106 valence electrons. The molecule has 2 rings (SSSR count). The number of aliphatic hydroxyl groups is 1. The molecule has 0 spiro atoms. The Kier molecular flexibility index (Phi) is 5.00. The summed E-state index contributed by atoms with van der Waals surface area (Å²) in [7, 11) is 0. The lowest BCUT2D eigenvalue weighted by molar-refractivity contribution is 0.204. The third-order valence-corrected chi connectivity index (χ3v) is 4.37. The monoisotopic (exact) mass is 261 g/mol. The molecule has 0 aliphatic heterocycles. The average molecular weight is 261 g/mol. The highest BCUT2D eigenvalue weighted by Gasteiger charge is 2.41. The van der Waals surface area contributed by atoms with Crippen molar-refractivity contribution < 1.29 is 5.11 Å². The second kappa shape index (κ2) is 6.53. The minimum Gasteiger partial charge on any atom is -0.396 e. The number of unbranched alkanes of at least 4 members (excludes halogenated alkanes) is 1. The second-order valence-corrected chi connectivity index (χ2v) is 6.11. The van der Waals surface area contributed by atoms with Crippen molar-refractivity contribution in [3.8, 4) is 0 Å². The van der Waals surface area contributed by atoms with Crippen molar-refractivity contribution in [2.75, 3.05) is 13.2 Å². The van der Waals surface area contributed by atoms with Crippen LogP contribution in [0.1, 0.15) is 56.7 Å². The van der Waals surface area contributed by atoms with Crippen LogP contribution < -0.4 is 5.32 Å². The van der Waals surface area contributed by atoms with E-state index >= 15 is 0 Å². The van der Waals surface area contributed by atoms with Gasteiger partial charge in [0.15, 0.2) is 0 Å². The van der Waals surface area contributed by atoms with Crippen LogP contribution in [0.15, 0.2) is 24.3 Å². The summed E-state index contributed by atoms with van der Waals surface area (Å²) in [6.07, 6.45) is 6.04. The van der Waals surface area contributed by atoms with Crippen LogP contribution in [0.5, 0.6) is 0 Å². The quantitative estimate of drug-likeness (QED) is 0.751. The summed E-state index contributed by atoms with van der Waals surface area (Å²) in [5.41, 5.74) is 2.97. The fourth-order valence-electron chi connectivity index (χ4n) is 2.41. The van der Waals surface area contributed by atoms with E-state index in [9.17, 15) is 5.11 Å². The van der Waals surface area contributed by atoms with Crippen LogP contribution in [-0.4, -0.2) is 18.3 Å². The molecule has 2 heteroatoms. The van der Waals surface area contributed by atoms with Crippen molar-refractivity contribution in [3.63, 3.8) is 0 Å². The molecule has 2 N–H and O–H groups in total.